The minimum atomic E-state index is -0.664. The quantitative estimate of drug-likeness (QED) is 0.0320. The van der Waals surface area contributed by atoms with Crippen molar-refractivity contribution in [2.45, 2.75) is 386 Å². The number of carbonyl (C=O) groups excluding carboxylic acids is 2. The van der Waals surface area contributed by atoms with Crippen LogP contribution in [0.15, 0.2) is 48.6 Å². The normalized spacial score (nSPS) is 12.8. The molecule has 6 heteroatoms. The monoisotopic (exact) mass is 1090 g/mol. The zero-order valence-corrected chi connectivity index (χ0v) is 52.4. The summed E-state index contributed by atoms with van der Waals surface area (Å²) in [5.41, 5.74) is 0. The summed E-state index contributed by atoms with van der Waals surface area (Å²) in [6.45, 7) is 4.93. The van der Waals surface area contributed by atoms with Crippen LogP contribution in [0, 0.1) is 0 Å². The summed E-state index contributed by atoms with van der Waals surface area (Å²) in [6.07, 6.45) is 87.3. The zero-order valence-electron chi connectivity index (χ0n) is 52.4. The average Bonchev–Trinajstić information content (AvgIpc) is 3.44. The number of hydrogen-bond donors (Lipinski definition) is 3. The molecule has 0 aromatic carbocycles. The fourth-order valence-electron chi connectivity index (χ4n) is 10.7. The topological polar surface area (TPSA) is 95.9 Å². The third-order valence-corrected chi connectivity index (χ3v) is 16.1. The first-order valence-corrected chi connectivity index (χ1v) is 34.9. The fourth-order valence-corrected chi connectivity index (χ4v) is 10.7. The van der Waals surface area contributed by atoms with E-state index in [1.54, 1.807) is 0 Å². The van der Waals surface area contributed by atoms with Crippen LogP contribution in [0.4, 0.5) is 0 Å². The van der Waals surface area contributed by atoms with Gasteiger partial charge in [0.25, 0.3) is 0 Å². The van der Waals surface area contributed by atoms with E-state index < -0.39 is 12.1 Å². The molecule has 6 nitrogen and oxygen atoms in total. The first kappa shape index (κ1) is 75.8. The standard InChI is InChI=1S/C72H135NO5/c1-3-5-7-9-11-13-15-17-19-37-40-44-48-52-56-60-64-70(75)69(68-74)73-71(76)65-61-57-53-49-45-41-38-35-33-31-29-27-25-23-21-20-22-24-26-28-30-32-34-36-39-43-47-51-55-59-63-67-78-72(77)66-62-58-54-50-46-42-18-16-14-12-10-8-6-4-2/h10,12,16,18,22,24,28,30,69-70,74-75H,3-9,11,13-15,17,19-21,23,25-27,29,31-68H2,1-2H3,(H,73,76)/b12-10-,18-16-,24-22-,30-28-. The van der Waals surface area contributed by atoms with Gasteiger partial charge in [-0.3, -0.25) is 9.59 Å². The van der Waals surface area contributed by atoms with Crippen molar-refractivity contribution in [1.29, 1.82) is 0 Å². The van der Waals surface area contributed by atoms with Crippen molar-refractivity contribution in [3.8, 4) is 0 Å². The molecule has 0 bridgehead atoms. The lowest BCUT2D eigenvalue weighted by Crippen LogP contribution is -2.45. The molecule has 0 spiro atoms. The Morgan fingerprint density at radius 2 is 0.654 bits per heavy atom. The number of rotatable bonds is 65. The predicted octanol–water partition coefficient (Wildman–Crippen LogP) is 22.5. The van der Waals surface area contributed by atoms with Crippen LogP contribution in [-0.2, 0) is 14.3 Å². The summed E-state index contributed by atoms with van der Waals surface area (Å²) in [5, 5.41) is 23.3. The number of aliphatic hydroxyl groups excluding tert-OH is 2. The summed E-state index contributed by atoms with van der Waals surface area (Å²) in [5.74, 6) is -0.0335. The fraction of sp³-hybridized carbons (Fsp3) is 0.861. The third kappa shape index (κ3) is 63.0. The van der Waals surface area contributed by atoms with Crippen molar-refractivity contribution < 1.29 is 24.5 Å². The highest BCUT2D eigenvalue weighted by Gasteiger charge is 2.20. The lowest BCUT2D eigenvalue weighted by Gasteiger charge is -2.22. The Hall–Kier alpha value is -2.18. The van der Waals surface area contributed by atoms with E-state index in [1.807, 2.05) is 0 Å². The molecule has 78 heavy (non-hydrogen) atoms. The van der Waals surface area contributed by atoms with Crippen LogP contribution in [0.1, 0.15) is 373 Å². The van der Waals surface area contributed by atoms with E-state index in [4.69, 9.17) is 4.74 Å². The van der Waals surface area contributed by atoms with E-state index >= 15 is 0 Å². The molecule has 0 heterocycles. The molecule has 0 fully saturated rings. The highest BCUT2D eigenvalue weighted by atomic mass is 16.5. The number of aliphatic hydroxyl groups is 2. The first-order valence-electron chi connectivity index (χ1n) is 34.9. The Kier molecular flexibility index (Phi) is 65.4. The number of carbonyl (C=O) groups is 2. The number of amides is 1. The van der Waals surface area contributed by atoms with Gasteiger partial charge in [-0.05, 0) is 83.5 Å². The maximum atomic E-state index is 12.5. The minimum absolute atomic E-state index is 0.00148. The van der Waals surface area contributed by atoms with Crippen LogP contribution in [-0.4, -0.2) is 47.4 Å². The van der Waals surface area contributed by atoms with Crippen molar-refractivity contribution in [1.82, 2.24) is 5.32 Å². The van der Waals surface area contributed by atoms with E-state index in [1.165, 1.54) is 283 Å². The summed E-state index contributed by atoms with van der Waals surface area (Å²) < 4.78 is 5.47. The lowest BCUT2D eigenvalue weighted by atomic mass is 10.0. The number of allylic oxidation sites excluding steroid dienone is 8. The van der Waals surface area contributed by atoms with Gasteiger partial charge in [-0.25, -0.2) is 0 Å². The Balaban J connectivity index is 3.40. The second kappa shape index (κ2) is 67.3. The van der Waals surface area contributed by atoms with E-state index in [2.05, 4.69) is 67.8 Å². The number of unbranched alkanes of at least 4 members (excludes halogenated alkanes) is 46. The molecular weight excluding hydrogens is 959 g/mol. The van der Waals surface area contributed by atoms with E-state index in [-0.39, 0.29) is 18.5 Å². The van der Waals surface area contributed by atoms with Crippen molar-refractivity contribution >= 4 is 11.9 Å². The van der Waals surface area contributed by atoms with Gasteiger partial charge in [0.1, 0.15) is 0 Å². The van der Waals surface area contributed by atoms with Crippen LogP contribution >= 0.6 is 0 Å². The molecule has 0 aromatic heterocycles. The molecule has 0 aliphatic rings. The van der Waals surface area contributed by atoms with Gasteiger partial charge in [0, 0.05) is 12.8 Å². The molecule has 0 radical (unpaired) electrons. The van der Waals surface area contributed by atoms with Crippen molar-refractivity contribution in [2.75, 3.05) is 13.2 Å². The molecule has 0 aliphatic heterocycles. The van der Waals surface area contributed by atoms with Crippen LogP contribution in [0.2, 0.25) is 0 Å². The second-order valence-corrected chi connectivity index (χ2v) is 23.9. The van der Waals surface area contributed by atoms with Crippen LogP contribution < -0.4 is 5.32 Å². The largest absolute Gasteiger partial charge is 0.466 e. The van der Waals surface area contributed by atoms with E-state index in [0.717, 1.165) is 57.8 Å². The van der Waals surface area contributed by atoms with Gasteiger partial charge in [-0.1, -0.05) is 326 Å². The molecule has 3 N–H and O–H groups in total. The van der Waals surface area contributed by atoms with Crippen LogP contribution in [0.25, 0.3) is 0 Å². The van der Waals surface area contributed by atoms with Crippen molar-refractivity contribution in [2.24, 2.45) is 0 Å². The van der Waals surface area contributed by atoms with Crippen LogP contribution in [0.3, 0.4) is 0 Å². The van der Waals surface area contributed by atoms with Gasteiger partial charge in [0.2, 0.25) is 5.91 Å². The maximum absolute atomic E-state index is 12.5. The highest BCUT2D eigenvalue weighted by molar-refractivity contribution is 5.76. The maximum Gasteiger partial charge on any atom is 0.305 e. The van der Waals surface area contributed by atoms with Gasteiger partial charge >= 0.3 is 5.97 Å². The summed E-state index contributed by atoms with van der Waals surface area (Å²) in [6, 6.07) is -0.542. The zero-order chi connectivity index (χ0) is 56.4. The molecular formula is C72H135NO5. The smallest absolute Gasteiger partial charge is 0.305 e. The molecule has 0 aliphatic carbocycles. The Bertz CT molecular complexity index is 1310. The molecule has 0 saturated carbocycles. The van der Waals surface area contributed by atoms with Gasteiger partial charge in [0.15, 0.2) is 0 Å². The first-order chi connectivity index (χ1) is 38.5. The lowest BCUT2D eigenvalue weighted by molar-refractivity contribution is -0.143. The molecule has 0 rings (SSSR count). The van der Waals surface area contributed by atoms with Crippen molar-refractivity contribution in [3.05, 3.63) is 48.6 Å². The van der Waals surface area contributed by atoms with Crippen LogP contribution in [0.5, 0.6) is 0 Å². The third-order valence-electron chi connectivity index (χ3n) is 16.1. The number of esters is 1. The van der Waals surface area contributed by atoms with Gasteiger partial charge in [-0.2, -0.15) is 0 Å². The molecule has 2 atom stereocenters. The Morgan fingerprint density at radius 3 is 1.01 bits per heavy atom. The van der Waals surface area contributed by atoms with Gasteiger partial charge < -0.3 is 20.3 Å². The molecule has 458 valence electrons. The molecule has 0 saturated heterocycles. The number of hydrogen-bond acceptors (Lipinski definition) is 5. The molecule has 1 amide bonds. The average molecular weight is 1090 g/mol. The highest BCUT2D eigenvalue weighted by Crippen LogP contribution is 2.18. The SMILES string of the molecule is CCCC/C=C\C/C=C\CCCCCCCC(=O)OCCCCCCCCCCC/C=C\C/C=C\CCCCCCCCCCCCCCCCCC(=O)NC(CO)C(O)CCCCCCCCCCCCCCCCCC. The molecule has 2 unspecified atom stereocenters. The van der Waals surface area contributed by atoms with E-state index in [0.29, 0.717) is 25.9 Å². The second-order valence-electron chi connectivity index (χ2n) is 23.9. The predicted molar refractivity (Wildman–Crippen MR) is 342 cm³/mol. The Morgan fingerprint density at radius 1 is 0.359 bits per heavy atom. The number of ether oxygens (including phenoxy) is 1. The summed E-state index contributed by atoms with van der Waals surface area (Å²) in [7, 11) is 0. The number of nitrogens with one attached hydrogen (secondary N) is 1. The Labute approximate surface area is 486 Å². The van der Waals surface area contributed by atoms with E-state index in [9.17, 15) is 19.8 Å². The molecule has 0 aromatic rings. The van der Waals surface area contributed by atoms with Crippen molar-refractivity contribution in [3.63, 3.8) is 0 Å². The van der Waals surface area contributed by atoms with Gasteiger partial charge in [-0.15, -0.1) is 0 Å². The van der Waals surface area contributed by atoms with Gasteiger partial charge in [0.05, 0.1) is 25.4 Å². The minimum Gasteiger partial charge on any atom is -0.466 e. The summed E-state index contributed by atoms with van der Waals surface area (Å²) in [4.78, 5) is 24.6. The summed E-state index contributed by atoms with van der Waals surface area (Å²) >= 11 is 0.